The Labute approximate surface area is 103 Å². The van der Waals surface area contributed by atoms with Gasteiger partial charge in [0.15, 0.2) is 16.2 Å². The van der Waals surface area contributed by atoms with Crippen LogP contribution in [0.3, 0.4) is 0 Å². The van der Waals surface area contributed by atoms with Crippen LogP contribution in [0, 0.1) is 6.92 Å². The zero-order valence-electron chi connectivity index (χ0n) is 9.01. The van der Waals surface area contributed by atoms with E-state index in [4.69, 9.17) is 16.0 Å². The van der Waals surface area contributed by atoms with Crippen molar-refractivity contribution in [3.63, 3.8) is 0 Å². The molecule has 0 saturated carbocycles. The topological polar surface area (TPSA) is 89.3 Å². The van der Waals surface area contributed by atoms with Crippen molar-refractivity contribution >= 4 is 27.3 Å². The van der Waals surface area contributed by atoms with Crippen molar-refractivity contribution in [2.75, 3.05) is 11.5 Å². The number of aryl methyl sites for hydroxylation is 1. The van der Waals surface area contributed by atoms with Crippen LogP contribution in [0.25, 0.3) is 0 Å². The summed E-state index contributed by atoms with van der Waals surface area (Å²) >= 11 is 5.87. The van der Waals surface area contributed by atoms with Crippen molar-refractivity contribution in [3.05, 3.63) is 17.8 Å². The summed E-state index contributed by atoms with van der Waals surface area (Å²) in [5.74, 6) is -0.666. The Morgan fingerprint density at radius 1 is 1.59 bits per heavy atom. The van der Waals surface area contributed by atoms with Crippen LogP contribution < -0.4 is 5.32 Å². The molecule has 0 aromatic carbocycles. The molecule has 0 aliphatic carbocycles. The maximum atomic E-state index is 11.7. The van der Waals surface area contributed by atoms with Gasteiger partial charge in [0.2, 0.25) is 5.76 Å². The van der Waals surface area contributed by atoms with Gasteiger partial charge in [0.1, 0.15) is 0 Å². The zero-order chi connectivity index (χ0) is 12.6. The number of nitrogens with zero attached hydrogens (tertiary/aromatic N) is 1. The van der Waals surface area contributed by atoms with E-state index in [1.54, 1.807) is 6.92 Å². The molecule has 1 fully saturated rings. The van der Waals surface area contributed by atoms with E-state index in [0.717, 1.165) is 6.39 Å². The van der Waals surface area contributed by atoms with E-state index in [0.29, 0.717) is 5.69 Å². The van der Waals surface area contributed by atoms with Gasteiger partial charge in [-0.05, 0) is 6.92 Å². The molecule has 2 unspecified atom stereocenters. The van der Waals surface area contributed by atoms with E-state index in [-0.39, 0.29) is 17.3 Å². The lowest BCUT2D eigenvalue weighted by Crippen LogP contribution is -2.40. The highest BCUT2D eigenvalue weighted by molar-refractivity contribution is 7.91. The molecule has 1 aromatic heterocycles. The third kappa shape index (κ3) is 2.61. The number of amides is 1. The van der Waals surface area contributed by atoms with Crippen LogP contribution in [-0.2, 0) is 9.84 Å². The predicted octanol–water partition coefficient (Wildman–Crippen LogP) is 0.117. The molecule has 17 heavy (non-hydrogen) atoms. The Morgan fingerprint density at radius 2 is 2.29 bits per heavy atom. The molecule has 94 valence electrons. The molecule has 2 atom stereocenters. The average molecular weight is 279 g/mol. The highest BCUT2D eigenvalue weighted by Gasteiger charge is 2.37. The van der Waals surface area contributed by atoms with Gasteiger partial charge in [-0.1, -0.05) is 0 Å². The number of halogens is 1. The van der Waals surface area contributed by atoms with Gasteiger partial charge in [-0.15, -0.1) is 11.6 Å². The summed E-state index contributed by atoms with van der Waals surface area (Å²) in [4.78, 5) is 15.5. The number of hydrogen-bond acceptors (Lipinski definition) is 5. The fraction of sp³-hybridized carbons (Fsp3) is 0.556. The summed E-state index contributed by atoms with van der Waals surface area (Å²) in [5, 5.41) is 1.94. The fourth-order valence-corrected chi connectivity index (χ4v) is 4.24. The maximum Gasteiger partial charge on any atom is 0.289 e. The Morgan fingerprint density at radius 3 is 2.76 bits per heavy atom. The van der Waals surface area contributed by atoms with Gasteiger partial charge in [-0.3, -0.25) is 4.79 Å². The lowest BCUT2D eigenvalue weighted by Gasteiger charge is -2.12. The van der Waals surface area contributed by atoms with E-state index in [9.17, 15) is 13.2 Å². The second-order valence-corrected chi connectivity index (χ2v) is 6.65. The molecule has 0 spiro atoms. The Bertz CT molecular complexity index is 539. The second kappa shape index (κ2) is 4.30. The molecule has 6 nitrogen and oxygen atoms in total. The minimum atomic E-state index is -3.16. The van der Waals surface area contributed by atoms with Crippen LogP contribution in [0.5, 0.6) is 0 Å². The smallest absolute Gasteiger partial charge is 0.289 e. The Balaban J connectivity index is 2.08. The summed E-state index contributed by atoms with van der Waals surface area (Å²) in [6.45, 7) is 1.63. The molecular formula is C9H11ClN2O4S. The molecular weight excluding hydrogens is 268 g/mol. The molecule has 1 saturated heterocycles. The molecule has 1 N–H and O–H groups in total. The highest BCUT2D eigenvalue weighted by Crippen LogP contribution is 2.18. The summed E-state index contributed by atoms with van der Waals surface area (Å²) in [5.41, 5.74) is 0.453. The van der Waals surface area contributed by atoms with Crippen LogP contribution in [0.2, 0.25) is 0 Å². The van der Waals surface area contributed by atoms with Crippen LogP contribution in [0.15, 0.2) is 10.8 Å². The normalized spacial score (nSPS) is 26.9. The van der Waals surface area contributed by atoms with Gasteiger partial charge in [0, 0.05) is 0 Å². The van der Waals surface area contributed by atoms with Crippen molar-refractivity contribution in [3.8, 4) is 0 Å². The fourth-order valence-electron chi connectivity index (χ4n) is 1.69. The van der Waals surface area contributed by atoms with Crippen molar-refractivity contribution in [2.24, 2.45) is 0 Å². The van der Waals surface area contributed by atoms with Crippen LogP contribution in [0.1, 0.15) is 16.2 Å². The molecule has 1 amide bonds. The number of rotatable bonds is 2. The first kappa shape index (κ1) is 12.4. The first-order chi connectivity index (χ1) is 7.89. The maximum absolute atomic E-state index is 11.7. The molecule has 0 radical (unpaired) electrons. The summed E-state index contributed by atoms with van der Waals surface area (Å²) < 4.78 is 27.5. The zero-order valence-corrected chi connectivity index (χ0v) is 10.6. The standard InChI is InChI=1S/C9H11ClN2O4S/c1-5-8(16-4-11-5)9(13)12-7-3-17(14,15)2-6(7)10/h4,6-7H,2-3H2,1H3,(H,12,13). The SMILES string of the molecule is Cc1ncoc1C(=O)NC1CS(=O)(=O)CC1Cl. The largest absolute Gasteiger partial charge is 0.438 e. The molecule has 1 aliphatic rings. The number of hydrogen-bond donors (Lipinski definition) is 1. The van der Waals surface area contributed by atoms with Crippen molar-refractivity contribution in [1.82, 2.24) is 10.3 Å². The lowest BCUT2D eigenvalue weighted by atomic mass is 10.2. The number of sulfone groups is 1. The van der Waals surface area contributed by atoms with E-state index >= 15 is 0 Å². The molecule has 2 heterocycles. The third-order valence-corrected chi connectivity index (χ3v) is 4.93. The molecule has 1 aliphatic heterocycles. The predicted molar refractivity (Wildman–Crippen MR) is 60.8 cm³/mol. The van der Waals surface area contributed by atoms with Gasteiger partial charge >= 0.3 is 0 Å². The number of oxazole rings is 1. The number of carbonyl (C=O) groups is 1. The second-order valence-electron chi connectivity index (χ2n) is 3.94. The van der Waals surface area contributed by atoms with Crippen molar-refractivity contribution in [1.29, 1.82) is 0 Å². The minimum absolute atomic E-state index is 0.0816. The van der Waals surface area contributed by atoms with E-state index in [2.05, 4.69) is 10.3 Å². The third-order valence-electron chi connectivity index (χ3n) is 2.55. The highest BCUT2D eigenvalue weighted by atomic mass is 35.5. The molecule has 0 bridgehead atoms. The average Bonchev–Trinajstić information content (AvgIpc) is 2.71. The number of aromatic nitrogens is 1. The van der Waals surface area contributed by atoms with Crippen LogP contribution >= 0.6 is 11.6 Å². The Kier molecular flexibility index (Phi) is 3.13. The quantitative estimate of drug-likeness (QED) is 0.776. The van der Waals surface area contributed by atoms with Crippen molar-refractivity contribution in [2.45, 2.75) is 18.3 Å². The number of alkyl halides is 1. The van der Waals surface area contributed by atoms with E-state index in [1.807, 2.05) is 0 Å². The lowest BCUT2D eigenvalue weighted by molar-refractivity contribution is 0.0912. The number of nitrogens with one attached hydrogen (secondary N) is 1. The van der Waals surface area contributed by atoms with E-state index in [1.165, 1.54) is 0 Å². The molecule has 2 rings (SSSR count). The van der Waals surface area contributed by atoms with Gasteiger partial charge in [-0.25, -0.2) is 13.4 Å². The molecule has 8 heteroatoms. The van der Waals surface area contributed by atoms with Gasteiger partial charge < -0.3 is 9.73 Å². The first-order valence-electron chi connectivity index (χ1n) is 4.94. The number of carbonyl (C=O) groups excluding carboxylic acids is 1. The monoisotopic (exact) mass is 278 g/mol. The van der Waals surface area contributed by atoms with E-state index < -0.39 is 27.2 Å². The summed E-state index contributed by atoms with van der Waals surface area (Å²) in [6, 6.07) is -0.585. The van der Waals surface area contributed by atoms with Gasteiger partial charge in [0.25, 0.3) is 5.91 Å². The van der Waals surface area contributed by atoms with Gasteiger partial charge in [-0.2, -0.15) is 0 Å². The molecule has 1 aromatic rings. The van der Waals surface area contributed by atoms with Crippen LogP contribution in [0.4, 0.5) is 0 Å². The van der Waals surface area contributed by atoms with Gasteiger partial charge in [0.05, 0.1) is 28.6 Å². The first-order valence-corrected chi connectivity index (χ1v) is 7.20. The van der Waals surface area contributed by atoms with Crippen LogP contribution in [-0.4, -0.2) is 42.2 Å². The minimum Gasteiger partial charge on any atom is -0.438 e. The summed E-state index contributed by atoms with van der Waals surface area (Å²) in [6.07, 6.45) is 1.16. The van der Waals surface area contributed by atoms with Crippen molar-refractivity contribution < 1.29 is 17.6 Å². The summed E-state index contributed by atoms with van der Waals surface area (Å²) in [7, 11) is -3.16. The Hall–Kier alpha value is -1.08.